The van der Waals surface area contributed by atoms with Crippen molar-refractivity contribution in [2.45, 2.75) is 26.5 Å². The third-order valence-corrected chi connectivity index (χ3v) is 9.93. The lowest BCUT2D eigenvalue weighted by molar-refractivity contribution is -0.113. The summed E-state index contributed by atoms with van der Waals surface area (Å²) in [6, 6.07) is 30.2. The molecule has 0 radical (unpaired) electrons. The monoisotopic (exact) mass is 853 g/mol. The highest BCUT2D eigenvalue weighted by molar-refractivity contribution is 14.1. The van der Waals surface area contributed by atoms with E-state index in [1.54, 1.807) is 4.57 Å². The second kappa shape index (κ2) is 14.3. The van der Waals surface area contributed by atoms with Crippen molar-refractivity contribution < 1.29 is 14.3 Å². The maximum atomic E-state index is 14.2. The van der Waals surface area contributed by atoms with Crippen LogP contribution in [0.1, 0.15) is 36.6 Å². The number of nitrogens with one attached hydrogen (secondary N) is 1. The summed E-state index contributed by atoms with van der Waals surface area (Å²) in [5, 5.41) is 2.99. The molecule has 0 saturated heterocycles. The molecule has 232 valence electrons. The summed E-state index contributed by atoms with van der Waals surface area (Å²) in [5.41, 5.74) is 4.17. The van der Waals surface area contributed by atoms with E-state index >= 15 is 0 Å². The molecule has 1 aromatic heterocycles. The summed E-state index contributed by atoms with van der Waals surface area (Å²) in [5.74, 6) is 1.22. The van der Waals surface area contributed by atoms with Crippen molar-refractivity contribution in [2.24, 2.45) is 4.99 Å². The summed E-state index contributed by atoms with van der Waals surface area (Å²) >= 11 is 5.86. The number of nitrogens with zero attached hydrogens (tertiary/aromatic N) is 2. The molecule has 0 spiro atoms. The number of allylic oxidation sites excluding steroid dienone is 1. The highest BCUT2D eigenvalue weighted by Gasteiger charge is 2.32. The normalized spacial score (nSPS) is 14.4. The van der Waals surface area contributed by atoms with Gasteiger partial charge in [0.25, 0.3) is 11.5 Å². The van der Waals surface area contributed by atoms with Gasteiger partial charge in [0, 0.05) is 5.69 Å². The Bertz CT molecular complexity index is 2090. The number of hydrogen-bond acceptors (Lipinski definition) is 6. The summed E-state index contributed by atoms with van der Waals surface area (Å²) in [6.07, 6.45) is 1.88. The number of carbonyl (C=O) groups is 1. The lowest BCUT2D eigenvalue weighted by Gasteiger charge is -2.25. The summed E-state index contributed by atoms with van der Waals surface area (Å²) in [4.78, 5) is 33.3. The smallest absolute Gasteiger partial charge is 0.271 e. The van der Waals surface area contributed by atoms with Crippen molar-refractivity contribution in [1.82, 2.24) is 4.57 Å². The molecule has 1 amide bonds. The molecule has 1 atom stereocenters. The van der Waals surface area contributed by atoms with Crippen LogP contribution in [0, 0.1) is 7.14 Å². The van der Waals surface area contributed by atoms with Crippen LogP contribution in [-0.4, -0.2) is 17.1 Å². The van der Waals surface area contributed by atoms with Crippen molar-refractivity contribution in [3.8, 4) is 11.5 Å². The fourth-order valence-corrected chi connectivity index (χ4v) is 8.42. The minimum Gasteiger partial charge on any atom is -0.494 e. The van der Waals surface area contributed by atoms with Gasteiger partial charge in [-0.2, -0.15) is 0 Å². The van der Waals surface area contributed by atoms with Gasteiger partial charge in [0.2, 0.25) is 0 Å². The van der Waals surface area contributed by atoms with Crippen molar-refractivity contribution in [3.63, 3.8) is 0 Å². The van der Waals surface area contributed by atoms with Crippen molar-refractivity contribution in [2.75, 3.05) is 11.9 Å². The van der Waals surface area contributed by atoms with Crippen LogP contribution in [0.2, 0.25) is 0 Å². The molecule has 6 rings (SSSR count). The van der Waals surface area contributed by atoms with E-state index in [1.165, 1.54) is 11.3 Å². The van der Waals surface area contributed by atoms with Crippen LogP contribution < -0.4 is 29.7 Å². The Morgan fingerprint density at radius 3 is 2.26 bits per heavy atom. The zero-order chi connectivity index (χ0) is 32.2. The lowest BCUT2D eigenvalue weighted by atomic mass is 9.95. The molecule has 0 aliphatic carbocycles. The topological polar surface area (TPSA) is 81.9 Å². The number of fused-ring (bicyclic) bond motifs is 1. The first-order chi connectivity index (χ1) is 22.3. The second-order valence-corrected chi connectivity index (χ2v) is 13.8. The Balaban J connectivity index is 1.40. The predicted octanol–water partition coefficient (Wildman–Crippen LogP) is 7.06. The fourth-order valence-electron chi connectivity index (χ4n) is 5.24. The molecule has 1 N–H and O–H groups in total. The van der Waals surface area contributed by atoms with Gasteiger partial charge in [0.1, 0.15) is 18.1 Å². The minimum absolute atomic E-state index is 0.213. The van der Waals surface area contributed by atoms with Crippen LogP contribution in [0.15, 0.2) is 118 Å². The van der Waals surface area contributed by atoms with Gasteiger partial charge in [-0.15, -0.1) is 0 Å². The lowest BCUT2D eigenvalue weighted by Crippen LogP contribution is -2.40. The minimum atomic E-state index is -0.674. The standard InChI is InChI=1S/C36H29I2N3O4S/c1-3-44-27-16-14-25(15-17-27)32-31(34(42)40-26-12-8-5-9-13-26)22(2)39-36-41(32)35(43)30(46-36)20-24-18-28(37)33(29(38)19-24)45-21-23-10-6-4-7-11-23/h4-20,32H,3,21H2,1-2H3,(H,40,42)/b30-20-/t32-/m0/s1. The first-order valence-electron chi connectivity index (χ1n) is 14.6. The van der Waals surface area contributed by atoms with E-state index in [4.69, 9.17) is 14.5 Å². The van der Waals surface area contributed by atoms with E-state index in [-0.39, 0.29) is 11.5 Å². The molecule has 10 heteroatoms. The number of rotatable bonds is 9. The molecule has 1 aliphatic heterocycles. The largest absolute Gasteiger partial charge is 0.494 e. The van der Waals surface area contributed by atoms with Gasteiger partial charge in [-0.25, -0.2) is 4.99 Å². The number of benzene rings is 4. The van der Waals surface area contributed by atoms with Gasteiger partial charge in [-0.1, -0.05) is 72.0 Å². The van der Waals surface area contributed by atoms with E-state index in [0.717, 1.165) is 35.3 Å². The Morgan fingerprint density at radius 1 is 0.957 bits per heavy atom. The molecule has 2 heterocycles. The molecule has 0 fully saturated rings. The van der Waals surface area contributed by atoms with E-state index in [1.807, 2.05) is 117 Å². The van der Waals surface area contributed by atoms with Crippen molar-refractivity contribution in [1.29, 1.82) is 0 Å². The van der Waals surface area contributed by atoms with Gasteiger partial charge < -0.3 is 14.8 Å². The average Bonchev–Trinajstić information content (AvgIpc) is 3.35. The third-order valence-electron chi connectivity index (χ3n) is 7.35. The number of thiazole rings is 1. The van der Waals surface area contributed by atoms with Gasteiger partial charge in [0.15, 0.2) is 4.80 Å². The van der Waals surface area contributed by atoms with Gasteiger partial charge >= 0.3 is 0 Å². The molecular weight excluding hydrogens is 824 g/mol. The van der Waals surface area contributed by atoms with Crippen LogP contribution in [-0.2, 0) is 11.4 Å². The van der Waals surface area contributed by atoms with E-state index in [2.05, 4.69) is 50.5 Å². The number of halogens is 2. The Morgan fingerprint density at radius 2 is 1.61 bits per heavy atom. The molecule has 0 bridgehead atoms. The van der Waals surface area contributed by atoms with Crippen LogP contribution in [0.25, 0.3) is 6.08 Å². The zero-order valence-corrected chi connectivity index (χ0v) is 30.1. The summed E-state index contributed by atoms with van der Waals surface area (Å²) in [6.45, 7) is 4.75. The molecule has 46 heavy (non-hydrogen) atoms. The first kappa shape index (κ1) is 32.2. The molecule has 1 aliphatic rings. The van der Waals surface area contributed by atoms with Gasteiger partial charge in [0.05, 0.1) is 35.6 Å². The molecule has 7 nitrogen and oxygen atoms in total. The van der Waals surface area contributed by atoms with E-state index < -0.39 is 6.04 Å². The van der Waals surface area contributed by atoms with Crippen molar-refractivity contribution in [3.05, 3.63) is 152 Å². The Kier molecular flexibility index (Phi) is 10.0. The number of anilines is 1. The molecule has 5 aromatic rings. The van der Waals surface area contributed by atoms with E-state index in [0.29, 0.717) is 39.5 Å². The quantitative estimate of drug-likeness (QED) is 0.161. The number of ether oxygens (including phenoxy) is 2. The van der Waals surface area contributed by atoms with Crippen LogP contribution in [0.4, 0.5) is 5.69 Å². The number of amides is 1. The maximum Gasteiger partial charge on any atom is 0.271 e. The highest BCUT2D eigenvalue weighted by atomic mass is 127. The summed E-state index contributed by atoms with van der Waals surface area (Å²) in [7, 11) is 0. The van der Waals surface area contributed by atoms with Gasteiger partial charge in [-0.05, 0) is 118 Å². The zero-order valence-electron chi connectivity index (χ0n) is 25.0. The Labute approximate surface area is 297 Å². The third kappa shape index (κ3) is 6.98. The maximum absolute atomic E-state index is 14.2. The van der Waals surface area contributed by atoms with Crippen LogP contribution in [0.5, 0.6) is 11.5 Å². The molecular formula is C36H29I2N3O4S. The molecule has 0 unspecified atom stereocenters. The number of para-hydroxylation sites is 1. The van der Waals surface area contributed by atoms with E-state index in [9.17, 15) is 9.59 Å². The predicted molar refractivity (Wildman–Crippen MR) is 199 cm³/mol. The average molecular weight is 854 g/mol. The number of carbonyl (C=O) groups excluding carboxylic acids is 1. The van der Waals surface area contributed by atoms with Gasteiger partial charge in [-0.3, -0.25) is 14.2 Å². The Hall–Kier alpha value is -3.75. The van der Waals surface area contributed by atoms with Crippen LogP contribution in [0.3, 0.4) is 0 Å². The molecule has 0 saturated carbocycles. The SMILES string of the molecule is CCOc1ccc([C@H]2C(C(=O)Nc3ccccc3)=C(C)N=c3s/c(=C\c4cc(I)c(OCc5ccccc5)c(I)c4)c(=O)n32)cc1. The highest BCUT2D eigenvalue weighted by Crippen LogP contribution is 2.32. The summed E-state index contributed by atoms with van der Waals surface area (Å²) < 4.78 is 15.9. The number of aromatic nitrogens is 1. The number of hydrogen-bond donors (Lipinski definition) is 1. The van der Waals surface area contributed by atoms with Crippen molar-refractivity contribution >= 4 is 74.2 Å². The molecule has 4 aromatic carbocycles. The second-order valence-electron chi connectivity index (χ2n) is 10.5. The first-order valence-corrected chi connectivity index (χ1v) is 17.6. The fraction of sp³-hybridized carbons (Fsp3) is 0.139. The van der Waals surface area contributed by atoms with Crippen LogP contribution >= 0.6 is 56.5 Å².